The highest BCUT2D eigenvalue weighted by Gasteiger charge is 2.34. The van der Waals surface area contributed by atoms with E-state index in [2.05, 4.69) is 35.2 Å². The number of amides is 1. The summed E-state index contributed by atoms with van der Waals surface area (Å²) >= 11 is 0. The van der Waals surface area contributed by atoms with Gasteiger partial charge >= 0.3 is 0 Å². The third-order valence-electron chi connectivity index (χ3n) is 6.42. The van der Waals surface area contributed by atoms with Crippen molar-refractivity contribution < 1.29 is 9.52 Å². The molecule has 2 aromatic rings. The van der Waals surface area contributed by atoms with Crippen molar-refractivity contribution >= 4 is 5.91 Å². The normalized spacial score (nSPS) is 21.1. The maximum atomic E-state index is 12.7. The summed E-state index contributed by atoms with van der Waals surface area (Å²) in [5, 5.41) is 11.2. The number of likely N-dealkylation sites (tertiary alicyclic amines) is 2. The molecule has 1 aromatic heterocycles. The summed E-state index contributed by atoms with van der Waals surface area (Å²) in [6, 6.07) is 14.0. The molecule has 2 aliphatic rings. The number of carbonyl (C=O) groups excluding carboxylic acids is 1. The van der Waals surface area contributed by atoms with Gasteiger partial charge in [0.15, 0.2) is 12.4 Å². The quantitative estimate of drug-likeness (QED) is 0.593. The summed E-state index contributed by atoms with van der Waals surface area (Å²) in [6.07, 6.45) is 7.50. The molecule has 0 N–H and O–H groups in total. The van der Waals surface area contributed by atoms with E-state index in [1.165, 1.54) is 43.9 Å². The summed E-state index contributed by atoms with van der Waals surface area (Å²) in [6.45, 7) is 5.18. The Morgan fingerprint density at radius 1 is 0.964 bits per heavy atom. The van der Waals surface area contributed by atoms with Gasteiger partial charge in [0.05, 0.1) is 5.56 Å². The molecule has 0 aliphatic carbocycles. The topological polar surface area (TPSA) is 50.5 Å². The number of nitrogens with zero attached hydrogens (tertiary/aromatic N) is 3. The molecule has 5 nitrogen and oxygen atoms in total. The lowest BCUT2D eigenvalue weighted by Gasteiger charge is -2.34. The van der Waals surface area contributed by atoms with Crippen molar-refractivity contribution in [3.8, 4) is 0 Å². The summed E-state index contributed by atoms with van der Waals surface area (Å²) in [5.41, 5.74) is 2.03. The Bertz CT molecular complexity index is 770. The lowest BCUT2D eigenvalue weighted by atomic mass is 9.83. The number of rotatable bonds is 5. The standard InChI is InChI=1S/C23H29N3O2/c27-23(21-10-16-26(28)17-11-21)25-15-9-22(18-25)20-7-13-24(14-8-20)12-6-19-4-2-1-3-5-19/h1-5,10-11,16-17,20,22H,6-9,12-15,18H2/t22-/m0/s1. The van der Waals surface area contributed by atoms with Crippen LogP contribution in [0.4, 0.5) is 0 Å². The molecule has 3 heterocycles. The summed E-state index contributed by atoms with van der Waals surface area (Å²) in [7, 11) is 0. The fourth-order valence-electron chi connectivity index (χ4n) is 4.67. The predicted molar refractivity (Wildman–Crippen MR) is 109 cm³/mol. The van der Waals surface area contributed by atoms with Crippen molar-refractivity contribution in [2.24, 2.45) is 11.8 Å². The molecule has 0 radical (unpaired) electrons. The minimum absolute atomic E-state index is 0.0587. The Labute approximate surface area is 167 Å². The van der Waals surface area contributed by atoms with E-state index in [-0.39, 0.29) is 5.91 Å². The average Bonchev–Trinajstić information content (AvgIpc) is 3.24. The largest absolute Gasteiger partial charge is 0.619 e. The smallest absolute Gasteiger partial charge is 0.254 e. The van der Waals surface area contributed by atoms with E-state index in [0.717, 1.165) is 43.1 Å². The second-order valence-electron chi connectivity index (χ2n) is 8.16. The number of hydrogen-bond donors (Lipinski definition) is 0. The van der Waals surface area contributed by atoms with Crippen molar-refractivity contribution in [2.75, 3.05) is 32.7 Å². The van der Waals surface area contributed by atoms with Crippen LogP contribution in [0.2, 0.25) is 0 Å². The molecule has 0 saturated carbocycles. The molecule has 28 heavy (non-hydrogen) atoms. The number of benzene rings is 1. The molecule has 148 valence electrons. The second kappa shape index (κ2) is 8.74. The molecule has 2 fully saturated rings. The Morgan fingerprint density at radius 3 is 2.36 bits per heavy atom. The monoisotopic (exact) mass is 379 g/mol. The van der Waals surface area contributed by atoms with E-state index in [0.29, 0.717) is 11.5 Å². The molecule has 2 saturated heterocycles. The van der Waals surface area contributed by atoms with Crippen molar-refractivity contribution in [1.29, 1.82) is 0 Å². The Kier molecular flexibility index (Phi) is 5.91. The molecule has 0 unspecified atom stereocenters. The fraction of sp³-hybridized carbons (Fsp3) is 0.478. The molecule has 5 heteroatoms. The summed E-state index contributed by atoms with van der Waals surface area (Å²) in [4.78, 5) is 17.2. The van der Waals surface area contributed by atoms with Crippen molar-refractivity contribution in [1.82, 2.24) is 9.80 Å². The van der Waals surface area contributed by atoms with Gasteiger partial charge in [-0.05, 0) is 56.2 Å². The van der Waals surface area contributed by atoms with Crippen LogP contribution in [0.3, 0.4) is 0 Å². The van der Waals surface area contributed by atoms with E-state index in [1.54, 1.807) is 12.1 Å². The third kappa shape index (κ3) is 4.53. The maximum Gasteiger partial charge on any atom is 0.254 e. The van der Waals surface area contributed by atoms with Gasteiger partial charge in [0.1, 0.15) is 0 Å². The molecular weight excluding hydrogens is 350 g/mol. The van der Waals surface area contributed by atoms with Crippen LogP contribution in [0.15, 0.2) is 54.9 Å². The Morgan fingerprint density at radius 2 is 1.64 bits per heavy atom. The van der Waals surface area contributed by atoms with Crippen LogP contribution in [0, 0.1) is 17.0 Å². The van der Waals surface area contributed by atoms with Crippen molar-refractivity contribution in [3.63, 3.8) is 0 Å². The molecule has 2 aliphatic heterocycles. The van der Waals surface area contributed by atoms with Crippen molar-refractivity contribution in [3.05, 3.63) is 71.2 Å². The molecule has 0 bridgehead atoms. The molecule has 1 atom stereocenters. The minimum atomic E-state index is 0.0587. The number of carbonyl (C=O) groups is 1. The molecule has 1 amide bonds. The second-order valence-corrected chi connectivity index (χ2v) is 8.16. The molecule has 0 spiro atoms. The van der Waals surface area contributed by atoms with Gasteiger partial charge in [-0.2, -0.15) is 4.73 Å². The van der Waals surface area contributed by atoms with Crippen LogP contribution < -0.4 is 4.73 Å². The average molecular weight is 380 g/mol. The Hall–Kier alpha value is -2.40. The van der Waals surface area contributed by atoms with Crippen LogP contribution in [0.25, 0.3) is 0 Å². The first-order valence-corrected chi connectivity index (χ1v) is 10.4. The van der Waals surface area contributed by atoms with Crippen molar-refractivity contribution in [2.45, 2.75) is 25.7 Å². The number of pyridine rings is 1. The van der Waals surface area contributed by atoms with Gasteiger partial charge in [-0.1, -0.05) is 30.3 Å². The summed E-state index contributed by atoms with van der Waals surface area (Å²) < 4.78 is 0.717. The van der Waals surface area contributed by atoms with Gasteiger partial charge in [0.2, 0.25) is 0 Å². The number of hydrogen-bond acceptors (Lipinski definition) is 3. The van der Waals surface area contributed by atoms with Gasteiger partial charge < -0.3 is 15.0 Å². The molecular formula is C23H29N3O2. The van der Waals surface area contributed by atoms with Gasteiger partial charge in [0, 0.05) is 31.8 Å². The van der Waals surface area contributed by atoms with Gasteiger partial charge in [-0.25, -0.2) is 0 Å². The number of piperidine rings is 1. The highest BCUT2D eigenvalue weighted by atomic mass is 16.5. The highest BCUT2D eigenvalue weighted by Crippen LogP contribution is 2.32. The maximum absolute atomic E-state index is 12.7. The summed E-state index contributed by atoms with van der Waals surface area (Å²) in [5.74, 6) is 1.40. The lowest BCUT2D eigenvalue weighted by Crippen LogP contribution is -2.38. The van der Waals surface area contributed by atoms with Crippen LogP contribution in [0.5, 0.6) is 0 Å². The zero-order chi connectivity index (χ0) is 19.3. The van der Waals surface area contributed by atoms with E-state index in [4.69, 9.17) is 0 Å². The van der Waals surface area contributed by atoms with Crippen LogP contribution in [0.1, 0.15) is 35.2 Å². The predicted octanol–water partition coefficient (Wildman–Crippen LogP) is 2.74. The zero-order valence-corrected chi connectivity index (χ0v) is 16.4. The zero-order valence-electron chi connectivity index (χ0n) is 16.4. The van der Waals surface area contributed by atoms with E-state index < -0.39 is 0 Å². The first-order valence-electron chi connectivity index (χ1n) is 10.4. The van der Waals surface area contributed by atoms with Gasteiger partial charge in [-0.3, -0.25) is 4.79 Å². The van der Waals surface area contributed by atoms with E-state index >= 15 is 0 Å². The molecule has 1 aromatic carbocycles. The van der Waals surface area contributed by atoms with Crippen LogP contribution in [-0.2, 0) is 6.42 Å². The number of aromatic nitrogens is 1. The Balaban J connectivity index is 1.23. The lowest BCUT2D eigenvalue weighted by molar-refractivity contribution is -0.605. The molecule has 4 rings (SSSR count). The first kappa shape index (κ1) is 18.9. The van der Waals surface area contributed by atoms with Gasteiger partial charge in [-0.15, -0.1) is 0 Å². The third-order valence-corrected chi connectivity index (χ3v) is 6.42. The minimum Gasteiger partial charge on any atom is -0.619 e. The first-order chi connectivity index (χ1) is 13.7. The van der Waals surface area contributed by atoms with E-state index in [9.17, 15) is 10.0 Å². The van der Waals surface area contributed by atoms with Gasteiger partial charge in [0.25, 0.3) is 5.91 Å². The van der Waals surface area contributed by atoms with Crippen LogP contribution in [-0.4, -0.2) is 48.4 Å². The van der Waals surface area contributed by atoms with Crippen LogP contribution >= 0.6 is 0 Å². The van der Waals surface area contributed by atoms with E-state index in [1.807, 2.05) is 4.90 Å². The highest BCUT2D eigenvalue weighted by molar-refractivity contribution is 5.94. The SMILES string of the molecule is O=C(c1cc[n+]([O-])cc1)N1CC[C@H](C2CCN(CCc3ccccc3)CC2)C1. The fourth-order valence-corrected chi connectivity index (χ4v) is 4.67.